The van der Waals surface area contributed by atoms with Gasteiger partial charge >= 0.3 is 0 Å². The van der Waals surface area contributed by atoms with Crippen molar-refractivity contribution in [1.82, 2.24) is 10.2 Å². The van der Waals surface area contributed by atoms with Crippen LogP contribution >= 0.6 is 0 Å². The van der Waals surface area contributed by atoms with Crippen LogP contribution < -0.4 is 11.1 Å². The van der Waals surface area contributed by atoms with Gasteiger partial charge in [0.05, 0.1) is 6.61 Å². The molecule has 0 rings (SSSR count). The Labute approximate surface area is 85.6 Å². The molecule has 0 spiro atoms. The van der Waals surface area contributed by atoms with Crippen molar-refractivity contribution >= 4 is 5.91 Å². The van der Waals surface area contributed by atoms with Crippen LogP contribution in [0.2, 0.25) is 0 Å². The van der Waals surface area contributed by atoms with E-state index < -0.39 is 0 Å². The molecule has 0 aromatic carbocycles. The van der Waals surface area contributed by atoms with Crippen molar-refractivity contribution in [3.8, 4) is 0 Å². The van der Waals surface area contributed by atoms with Crippen molar-refractivity contribution in [2.45, 2.75) is 6.42 Å². The fourth-order valence-electron chi connectivity index (χ4n) is 0.965. The second kappa shape index (κ2) is 8.93. The molecule has 0 heterocycles. The van der Waals surface area contributed by atoms with Crippen molar-refractivity contribution in [2.24, 2.45) is 5.73 Å². The molecule has 0 radical (unpaired) electrons. The lowest BCUT2D eigenvalue weighted by Gasteiger charge is -2.15. The highest BCUT2D eigenvalue weighted by atomic mass is 16.5. The molecule has 1 amide bonds. The third kappa shape index (κ3) is 7.97. The van der Waals surface area contributed by atoms with E-state index in [1.807, 2.05) is 7.05 Å². The topological polar surface area (TPSA) is 67.6 Å². The first-order valence-corrected chi connectivity index (χ1v) is 4.85. The highest BCUT2D eigenvalue weighted by Crippen LogP contribution is 1.81. The van der Waals surface area contributed by atoms with E-state index >= 15 is 0 Å². The molecule has 0 unspecified atom stereocenters. The summed E-state index contributed by atoms with van der Waals surface area (Å²) in [5.74, 6) is 0.0210. The Morgan fingerprint density at radius 3 is 2.79 bits per heavy atom. The maximum atomic E-state index is 11.0. The minimum atomic E-state index is 0.0210. The average Bonchev–Trinajstić information content (AvgIpc) is 2.15. The lowest BCUT2D eigenvalue weighted by molar-refractivity contribution is -0.120. The maximum absolute atomic E-state index is 11.0. The molecule has 3 N–H and O–H groups in total. The highest BCUT2D eigenvalue weighted by Gasteiger charge is 2.00. The molecule has 5 nitrogen and oxygen atoms in total. The lowest BCUT2D eigenvalue weighted by Crippen LogP contribution is -2.35. The Morgan fingerprint density at radius 1 is 1.50 bits per heavy atom. The van der Waals surface area contributed by atoms with Gasteiger partial charge in [-0.2, -0.15) is 0 Å². The number of rotatable bonds is 8. The summed E-state index contributed by atoms with van der Waals surface area (Å²) in [6.45, 7) is 3.50. The third-order valence-electron chi connectivity index (χ3n) is 1.86. The van der Waals surface area contributed by atoms with Gasteiger partial charge in [0.1, 0.15) is 0 Å². The van der Waals surface area contributed by atoms with E-state index in [9.17, 15) is 4.79 Å². The Bertz CT molecular complexity index is 153. The zero-order chi connectivity index (χ0) is 10.8. The molecule has 0 aliphatic heterocycles. The monoisotopic (exact) mass is 203 g/mol. The van der Waals surface area contributed by atoms with Crippen LogP contribution in [-0.2, 0) is 9.53 Å². The van der Waals surface area contributed by atoms with Crippen LogP contribution in [0.15, 0.2) is 0 Å². The van der Waals surface area contributed by atoms with Gasteiger partial charge in [0.25, 0.3) is 0 Å². The largest absolute Gasteiger partial charge is 0.383 e. The van der Waals surface area contributed by atoms with Gasteiger partial charge in [-0.25, -0.2) is 0 Å². The number of ether oxygens (including phenoxy) is 1. The summed E-state index contributed by atoms with van der Waals surface area (Å²) in [4.78, 5) is 13.1. The van der Waals surface area contributed by atoms with Crippen molar-refractivity contribution in [3.05, 3.63) is 0 Å². The Hall–Kier alpha value is -0.650. The van der Waals surface area contributed by atoms with Gasteiger partial charge < -0.3 is 20.7 Å². The minimum absolute atomic E-state index is 0.0210. The summed E-state index contributed by atoms with van der Waals surface area (Å²) in [6.07, 6.45) is 0.405. The third-order valence-corrected chi connectivity index (χ3v) is 1.86. The molecule has 0 aliphatic carbocycles. The molecule has 84 valence electrons. The van der Waals surface area contributed by atoms with Gasteiger partial charge in [-0.05, 0) is 7.05 Å². The van der Waals surface area contributed by atoms with Crippen molar-refractivity contribution in [3.63, 3.8) is 0 Å². The minimum Gasteiger partial charge on any atom is -0.383 e. The van der Waals surface area contributed by atoms with Gasteiger partial charge in [0, 0.05) is 39.7 Å². The predicted octanol–water partition coefficient (Wildman–Crippen LogP) is -0.970. The smallest absolute Gasteiger partial charge is 0.221 e. The number of nitrogens with two attached hydrogens (primary N) is 1. The number of methoxy groups -OCH3 is 1. The number of hydrogen-bond acceptors (Lipinski definition) is 4. The zero-order valence-electron chi connectivity index (χ0n) is 9.08. The summed E-state index contributed by atoms with van der Waals surface area (Å²) < 4.78 is 4.93. The van der Waals surface area contributed by atoms with E-state index in [4.69, 9.17) is 10.5 Å². The molecule has 0 fully saturated rings. The van der Waals surface area contributed by atoms with Crippen LogP contribution in [0.4, 0.5) is 0 Å². The standard InChI is InChI=1S/C9H21N3O2/c1-12(7-8-14-2)6-5-11-9(13)3-4-10/h3-8,10H2,1-2H3,(H,11,13). The molecule has 0 aliphatic rings. The van der Waals surface area contributed by atoms with Crippen molar-refractivity contribution < 1.29 is 9.53 Å². The number of nitrogens with zero attached hydrogens (tertiary/aromatic N) is 1. The van der Waals surface area contributed by atoms with Gasteiger partial charge in [-0.3, -0.25) is 4.79 Å². The second-order valence-electron chi connectivity index (χ2n) is 3.18. The van der Waals surface area contributed by atoms with E-state index in [0.717, 1.165) is 13.1 Å². The molecule has 0 saturated heterocycles. The molecule has 0 atom stereocenters. The predicted molar refractivity (Wildman–Crippen MR) is 56.1 cm³/mol. The first-order valence-electron chi connectivity index (χ1n) is 4.85. The Balaban J connectivity index is 3.29. The quantitative estimate of drug-likeness (QED) is 0.532. The summed E-state index contributed by atoms with van der Waals surface area (Å²) >= 11 is 0. The number of carbonyl (C=O) groups excluding carboxylic acids is 1. The lowest BCUT2D eigenvalue weighted by atomic mass is 10.4. The van der Waals surface area contributed by atoms with Gasteiger partial charge in [0.15, 0.2) is 0 Å². The average molecular weight is 203 g/mol. The Kier molecular flexibility index (Phi) is 8.51. The molecule has 14 heavy (non-hydrogen) atoms. The first-order chi connectivity index (χ1) is 6.70. The molecule has 0 saturated carbocycles. The number of hydrogen-bond donors (Lipinski definition) is 2. The van der Waals surface area contributed by atoms with E-state index in [-0.39, 0.29) is 5.91 Å². The fraction of sp³-hybridized carbons (Fsp3) is 0.889. The van der Waals surface area contributed by atoms with E-state index in [1.165, 1.54) is 0 Å². The van der Waals surface area contributed by atoms with Crippen molar-refractivity contribution in [1.29, 1.82) is 0 Å². The number of likely N-dealkylation sites (N-methyl/N-ethyl adjacent to an activating group) is 1. The molecule has 0 aromatic heterocycles. The normalized spacial score (nSPS) is 10.6. The molecular formula is C9H21N3O2. The van der Waals surface area contributed by atoms with Crippen LogP contribution in [0.25, 0.3) is 0 Å². The van der Waals surface area contributed by atoms with E-state index in [1.54, 1.807) is 7.11 Å². The second-order valence-corrected chi connectivity index (χ2v) is 3.18. The van der Waals surface area contributed by atoms with E-state index in [2.05, 4.69) is 10.2 Å². The fourth-order valence-corrected chi connectivity index (χ4v) is 0.965. The molecule has 0 bridgehead atoms. The summed E-state index contributed by atoms with van der Waals surface area (Å²) in [5, 5.41) is 2.79. The SMILES string of the molecule is COCCN(C)CCNC(=O)CCN. The summed E-state index contributed by atoms with van der Waals surface area (Å²) in [5.41, 5.74) is 5.24. The van der Waals surface area contributed by atoms with Crippen LogP contribution in [-0.4, -0.2) is 57.8 Å². The van der Waals surface area contributed by atoms with E-state index in [0.29, 0.717) is 26.1 Å². The van der Waals surface area contributed by atoms with Crippen LogP contribution in [0.3, 0.4) is 0 Å². The van der Waals surface area contributed by atoms with Crippen molar-refractivity contribution in [2.75, 3.05) is 46.9 Å². The van der Waals surface area contributed by atoms with Gasteiger partial charge in [-0.15, -0.1) is 0 Å². The molecule has 5 heteroatoms. The highest BCUT2D eigenvalue weighted by molar-refractivity contribution is 5.75. The first kappa shape index (κ1) is 13.4. The van der Waals surface area contributed by atoms with Gasteiger partial charge in [0.2, 0.25) is 5.91 Å². The number of carbonyl (C=O) groups is 1. The maximum Gasteiger partial charge on any atom is 0.221 e. The van der Waals surface area contributed by atoms with Crippen LogP contribution in [0.1, 0.15) is 6.42 Å². The molecule has 0 aromatic rings. The summed E-state index contributed by atoms with van der Waals surface area (Å²) in [6, 6.07) is 0. The number of nitrogens with one attached hydrogen (secondary N) is 1. The number of amides is 1. The Morgan fingerprint density at radius 2 is 2.21 bits per heavy atom. The molecular weight excluding hydrogens is 182 g/mol. The summed E-state index contributed by atoms with van der Waals surface area (Å²) in [7, 11) is 3.67. The van der Waals surface area contributed by atoms with Gasteiger partial charge in [-0.1, -0.05) is 0 Å². The van der Waals surface area contributed by atoms with Crippen LogP contribution in [0.5, 0.6) is 0 Å². The van der Waals surface area contributed by atoms with Crippen LogP contribution in [0, 0.1) is 0 Å². The zero-order valence-corrected chi connectivity index (χ0v) is 9.08.